The lowest BCUT2D eigenvalue weighted by atomic mass is 10.1. The van der Waals surface area contributed by atoms with Gasteiger partial charge in [-0.2, -0.15) is 0 Å². The van der Waals surface area contributed by atoms with E-state index in [4.69, 9.17) is 0 Å². The average molecular weight is 328 g/mol. The summed E-state index contributed by atoms with van der Waals surface area (Å²) in [5, 5.41) is 19.6. The largest absolute Gasteiger partial charge is 0.508 e. The number of hydrogen-bond acceptors (Lipinski definition) is 4. The number of aryl methyl sites for hydroxylation is 2. The molecule has 4 nitrogen and oxygen atoms in total. The van der Waals surface area contributed by atoms with Crippen LogP contribution in [0.4, 0.5) is 0 Å². The standard InChI is InChI=1S/C18H20N2O2S/c1-12-7-17-18(8-13(12)2)20(11-19-17)9-15(22)10-23-16-5-3-14(21)4-6-16/h3-8,11,15,21-22H,9-10H2,1-2H3/t15-/m0/s1. The van der Waals surface area contributed by atoms with Crippen molar-refractivity contribution in [3.05, 3.63) is 53.9 Å². The Hall–Kier alpha value is -1.98. The second-order valence-corrected chi connectivity index (χ2v) is 6.87. The van der Waals surface area contributed by atoms with Gasteiger partial charge in [0.2, 0.25) is 0 Å². The van der Waals surface area contributed by atoms with Crippen molar-refractivity contribution in [2.24, 2.45) is 0 Å². The number of rotatable bonds is 5. The fourth-order valence-corrected chi connectivity index (χ4v) is 3.29. The highest BCUT2D eigenvalue weighted by atomic mass is 32.2. The number of thioether (sulfide) groups is 1. The van der Waals surface area contributed by atoms with Gasteiger partial charge in [0.15, 0.2) is 0 Å². The van der Waals surface area contributed by atoms with Crippen LogP contribution in [0.1, 0.15) is 11.1 Å². The SMILES string of the molecule is Cc1cc2ncn(C[C@H](O)CSc3ccc(O)cc3)c2cc1C. The molecule has 0 aliphatic heterocycles. The molecule has 0 radical (unpaired) electrons. The van der Waals surface area contributed by atoms with Crippen LogP contribution in [0.2, 0.25) is 0 Å². The van der Waals surface area contributed by atoms with Crippen molar-refractivity contribution in [2.75, 3.05) is 5.75 Å². The van der Waals surface area contributed by atoms with Gasteiger partial charge in [-0.05, 0) is 61.4 Å². The van der Waals surface area contributed by atoms with Crippen LogP contribution in [-0.2, 0) is 6.54 Å². The van der Waals surface area contributed by atoms with E-state index < -0.39 is 6.10 Å². The van der Waals surface area contributed by atoms with Crippen molar-refractivity contribution in [1.82, 2.24) is 9.55 Å². The molecule has 5 heteroatoms. The molecule has 2 N–H and O–H groups in total. The van der Waals surface area contributed by atoms with Gasteiger partial charge in [-0.15, -0.1) is 11.8 Å². The van der Waals surface area contributed by atoms with E-state index >= 15 is 0 Å². The fourth-order valence-electron chi connectivity index (χ4n) is 2.47. The third-order valence-electron chi connectivity index (χ3n) is 3.92. The van der Waals surface area contributed by atoms with Crippen molar-refractivity contribution in [3.63, 3.8) is 0 Å². The van der Waals surface area contributed by atoms with Crippen LogP contribution in [-0.4, -0.2) is 31.6 Å². The van der Waals surface area contributed by atoms with Crippen molar-refractivity contribution in [1.29, 1.82) is 0 Å². The summed E-state index contributed by atoms with van der Waals surface area (Å²) in [5.74, 6) is 0.848. The number of benzene rings is 2. The van der Waals surface area contributed by atoms with E-state index in [1.807, 2.05) is 16.7 Å². The topological polar surface area (TPSA) is 58.3 Å². The van der Waals surface area contributed by atoms with Crippen molar-refractivity contribution in [2.45, 2.75) is 31.4 Å². The first kappa shape index (κ1) is 15.9. The van der Waals surface area contributed by atoms with Crippen LogP contribution in [0.3, 0.4) is 0 Å². The van der Waals surface area contributed by atoms with Gasteiger partial charge in [0.1, 0.15) is 5.75 Å². The number of fused-ring (bicyclic) bond motifs is 1. The normalized spacial score (nSPS) is 12.7. The Morgan fingerprint density at radius 1 is 1.13 bits per heavy atom. The molecule has 120 valence electrons. The van der Waals surface area contributed by atoms with Gasteiger partial charge in [-0.1, -0.05) is 0 Å². The van der Waals surface area contributed by atoms with E-state index in [-0.39, 0.29) is 5.75 Å². The summed E-state index contributed by atoms with van der Waals surface area (Å²) in [7, 11) is 0. The lowest BCUT2D eigenvalue weighted by Gasteiger charge is -2.12. The van der Waals surface area contributed by atoms with Crippen LogP contribution in [0, 0.1) is 13.8 Å². The summed E-state index contributed by atoms with van der Waals surface area (Å²) in [5.41, 5.74) is 4.48. The van der Waals surface area contributed by atoms with Crippen molar-refractivity contribution < 1.29 is 10.2 Å². The predicted octanol–water partition coefficient (Wildman–Crippen LogP) is 3.51. The molecule has 0 spiro atoms. The Labute approximate surface area is 139 Å². The molecule has 2 aromatic carbocycles. The summed E-state index contributed by atoms with van der Waals surface area (Å²) < 4.78 is 2.00. The van der Waals surface area contributed by atoms with Gasteiger partial charge in [-0.3, -0.25) is 0 Å². The van der Waals surface area contributed by atoms with Gasteiger partial charge in [0, 0.05) is 10.6 Å². The minimum absolute atomic E-state index is 0.255. The second kappa shape index (κ2) is 6.64. The Morgan fingerprint density at radius 2 is 1.83 bits per heavy atom. The number of phenolic OH excluding ortho intramolecular Hbond substituents is 1. The molecular formula is C18H20N2O2S. The maximum Gasteiger partial charge on any atom is 0.115 e. The molecule has 0 amide bonds. The third kappa shape index (κ3) is 3.68. The Kier molecular flexibility index (Phi) is 4.59. The molecule has 0 saturated heterocycles. The highest BCUT2D eigenvalue weighted by Crippen LogP contribution is 2.23. The van der Waals surface area contributed by atoms with Gasteiger partial charge < -0.3 is 14.8 Å². The average Bonchev–Trinajstić information content (AvgIpc) is 2.89. The molecule has 3 rings (SSSR count). The number of aliphatic hydroxyl groups is 1. The number of aliphatic hydroxyl groups excluding tert-OH is 1. The number of aromatic hydroxyl groups is 1. The molecule has 0 unspecified atom stereocenters. The Balaban J connectivity index is 1.67. The molecule has 0 aliphatic rings. The monoisotopic (exact) mass is 328 g/mol. The van der Waals surface area contributed by atoms with Crippen LogP contribution in [0.15, 0.2) is 47.6 Å². The summed E-state index contributed by atoms with van der Waals surface area (Å²) in [6.07, 6.45) is 1.32. The Bertz CT molecular complexity index is 812. The van der Waals surface area contributed by atoms with Gasteiger partial charge >= 0.3 is 0 Å². The highest BCUT2D eigenvalue weighted by molar-refractivity contribution is 7.99. The van der Waals surface area contributed by atoms with E-state index in [1.54, 1.807) is 30.2 Å². The Morgan fingerprint density at radius 3 is 2.57 bits per heavy atom. The summed E-state index contributed by atoms with van der Waals surface area (Å²) >= 11 is 1.58. The molecule has 1 atom stereocenters. The van der Waals surface area contributed by atoms with E-state index in [0.29, 0.717) is 12.3 Å². The molecule has 0 aliphatic carbocycles. The van der Waals surface area contributed by atoms with Gasteiger partial charge in [-0.25, -0.2) is 4.98 Å². The molecule has 0 saturated carbocycles. The minimum Gasteiger partial charge on any atom is -0.508 e. The third-order valence-corrected chi connectivity index (χ3v) is 5.08. The number of phenols is 1. The lowest BCUT2D eigenvalue weighted by Crippen LogP contribution is -2.18. The summed E-state index contributed by atoms with van der Waals surface area (Å²) in [6.45, 7) is 4.68. The van der Waals surface area contributed by atoms with Crippen LogP contribution in [0.25, 0.3) is 11.0 Å². The lowest BCUT2D eigenvalue weighted by molar-refractivity contribution is 0.179. The first-order valence-electron chi connectivity index (χ1n) is 7.55. The highest BCUT2D eigenvalue weighted by Gasteiger charge is 2.10. The van der Waals surface area contributed by atoms with Gasteiger partial charge in [0.05, 0.1) is 30.0 Å². The molecule has 1 heterocycles. The molecule has 3 aromatic rings. The first-order chi connectivity index (χ1) is 11.0. The number of hydrogen-bond donors (Lipinski definition) is 2. The smallest absolute Gasteiger partial charge is 0.115 e. The zero-order valence-corrected chi connectivity index (χ0v) is 14.0. The zero-order valence-electron chi connectivity index (χ0n) is 13.2. The molecule has 0 bridgehead atoms. The fraction of sp³-hybridized carbons (Fsp3) is 0.278. The molecular weight excluding hydrogens is 308 g/mol. The van der Waals surface area contributed by atoms with Crippen molar-refractivity contribution in [3.8, 4) is 5.75 Å². The van der Waals surface area contributed by atoms with Gasteiger partial charge in [0.25, 0.3) is 0 Å². The quantitative estimate of drug-likeness (QED) is 0.704. The predicted molar refractivity (Wildman–Crippen MR) is 94.0 cm³/mol. The first-order valence-corrected chi connectivity index (χ1v) is 8.53. The molecule has 0 fully saturated rings. The van der Waals surface area contributed by atoms with Crippen LogP contribution >= 0.6 is 11.8 Å². The number of nitrogens with zero attached hydrogens (tertiary/aromatic N) is 2. The van der Waals surface area contributed by atoms with E-state index in [0.717, 1.165) is 15.9 Å². The number of imidazole rings is 1. The van der Waals surface area contributed by atoms with Crippen LogP contribution < -0.4 is 0 Å². The van der Waals surface area contributed by atoms with Crippen LogP contribution in [0.5, 0.6) is 5.75 Å². The van der Waals surface area contributed by atoms with E-state index in [9.17, 15) is 10.2 Å². The summed E-state index contributed by atoms with van der Waals surface area (Å²) in [6, 6.07) is 11.2. The van der Waals surface area contributed by atoms with Crippen molar-refractivity contribution >= 4 is 22.8 Å². The van der Waals surface area contributed by atoms with E-state index in [2.05, 4.69) is 31.0 Å². The maximum absolute atomic E-state index is 10.3. The number of aromatic nitrogens is 2. The maximum atomic E-state index is 10.3. The second-order valence-electron chi connectivity index (χ2n) is 5.78. The minimum atomic E-state index is -0.465. The molecule has 1 aromatic heterocycles. The zero-order chi connectivity index (χ0) is 16.4. The summed E-state index contributed by atoms with van der Waals surface area (Å²) in [4.78, 5) is 5.45. The molecule has 23 heavy (non-hydrogen) atoms. The van der Waals surface area contributed by atoms with E-state index in [1.165, 1.54) is 11.1 Å².